The van der Waals surface area contributed by atoms with Crippen molar-refractivity contribution in [2.45, 2.75) is 44.6 Å². The molecule has 0 atom stereocenters. The second-order valence-electron chi connectivity index (χ2n) is 5.51. The van der Waals surface area contributed by atoms with Crippen molar-refractivity contribution in [1.29, 1.82) is 0 Å². The molecule has 19 heavy (non-hydrogen) atoms. The Bertz CT molecular complexity index is 384. The summed E-state index contributed by atoms with van der Waals surface area (Å²) in [5, 5.41) is 13.8. The number of aromatic nitrogens is 1. The number of anilines is 1. The SMILES string of the molecule is CCC1CCC(O)(CNc2ccc(OC)cn2)CC1. The molecule has 106 valence electrons. The van der Waals surface area contributed by atoms with E-state index < -0.39 is 5.60 Å². The standard InChI is InChI=1S/C15H24N2O2/c1-3-12-6-8-15(18,9-7-12)11-17-14-5-4-13(19-2)10-16-14/h4-5,10,12,18H,3,6-9,11H2,1-2H3,(H,16,17). The molecule has 0 radical (unpaired) electrons. The van der Waals surface area contributed by atoms with Gasteiger partial charge in [0, 0.05) is 6.54 Å². The van der Waals surface area contributed by atoms with Crippen LogP contribution in [0.1, 0.15) is 39.0 Å². The predicted octanol–water partition coefficient (Wildman–Crippen LogP) is 2.83. The summed E-state index contributed by atoms with van der Waals surface area (Å²) in [6, 6.07) is 3.74. The number of hydrogen-bond donors (Lipinski definition) is 2. The third-order valence-corrected chi connectivity index (χ3v) is 4.18. The van der Waals surface area contributed by atoms with E-state index in [1.807, 2.05) is 12.1 Å². The summed E-state index contributed by atoms with van der Waals surface area (Å²) in [6.07, 6.45) is 6.93. The van der Waals surface area contributed by atoms with Crippen molar-refractivity contribution in [2.75, 3.05) is 19.0 Å². The fourth-order valence-electron chi connectivity index (χ4n) is 2.66. The van der Waals surface area contributed by atoms with E-state index in [9.17, 15) is 5.11 Å². The molecule has 1 aliphatic carbocycles. The van der Waals surface area contributed by atoms with Crippen molar-refractivity contribution < 1.29 is 9.84 Å². The van der Waals surface area contributed by atoms with Gasteiger partial charge in [-0.05, 0) is 43.7 Å². The highest BCUT2D eigenvalue weighted by Crippen LogP contribution is 2.33. The first-order valence-corrected chi connectivity index (χ1v) is 7.11. The maximum atomic E-state index is 10.5. The summed E-state index contributed by atoms with van der Waals surface area (Å²) in [5.74, 6) is 2.32. The minimum absolute atomic E-state index is 0.572. The van der Waals surface area contributed by atoms with Gasteiger partial charge in [0.2, 0.25) is 0 Å². The summed E-state index contributed by atoms with van der Waals surface area (Å²) in [4.78, 5) is 4.25. The van der Waals surface area contributed by atoms with Crippen LogP contribution >= 0.6 is 0 Å². The summed E-state index contributed by atoms with van der Waals surface area (Å²) < 4.78 is 5.07. The van der Waals surface area contributed by atoms with Crippen LogP contribution in [-0.4, -0.2) is 29.3 Å². The van der Waals surface area contributed by atoms with E-state index in [2.05, 4.69) is 17.2 Å². The van der Waals surface area contributed by atoms with Crippen LogP contribution in [0.3, 0.4) is 0 Å². The van der Waals surface area contributed by atoms with Crippen LogP contribution in [0.5, 0.6) is 5.75 Å². The number of pyridine rings is 1. The molecule has 2 N–H and O–H groups in total. The molecule has 1 saturated carbocycles. The number of methoxy groups -OCH3 is 1. The molecule has 1 heterocycles. The van der Waals surface area contributed by atoms with Gasteiger partial charge in [0.05, 0.1) is 18.9 Å². The molecule has 1 aliphatic rings. The first-order valence-electron chi connectivity index (χ1n) is 7.11. The van der Waals surface area contributed by atoms with Gasteiger partial charge in [0.25, 0.3) is 0 Å². The molecule has 4 nitrogen and oxygen atoms in total. The molecule has 0 saturated heterocycles. The summed E-state index contributed by atoms with van der Waals surface area (Å²) >= 11 is 0. The Morgan fingerprint density at radius 3 is 2.68 bits per heavy atom. The fraction of sp³-hybridized carbons (Fsp3) is 0.667. The average molecular weight is 264 g/mol. The van der Waals surface area contributed by atoms with Crippen molar-refractivity contribution in [3.63, 3.8) is 0 Å². The second-order valence-corrected chi connectivity index (χ2v) is 5.51. The number of aliphatic hydroxyl groups is 1. The zero-order valence-electron chi connectivity index (χ0n) is 11.9. The Balaban J connectivity index is 1.84. The van der Waals surface area contributed by atoms with E-state index in [0.717, 1.165) is 43.2 Å². The van der Waals surface area contributed by atoms with Crippen molar-refractivity contribution in [3.8, 4) is 5.75 Å². The van der Waals surface area contributed by atoms with Gasteiger partial charge in [-0.1, -0.05) is 13.3 Å². The number of rotatable bonds is 5. The topological polar surface area (TPSA) is 54.4 Å². The molecule has 0 aromatic carbocycles. The van der Waals surface area contributed by atoms with Gasteiger partial charge >= 0.3 is 0 Å². The largest absolute Gasteiger partial charge is 0.495 e. The maximum absolute atomic E-state index is 10.5. The molecular formula is C15H24N2O2. The summed E-state index contributed by atoms with van der Waals surface area (Å²) in [7, 11) is 1.62. The molecule has 1 aromatic heterocycles. The molecule has 0 spiro atoms. The molecule has 1 aromatic rings. The molecule has 0 bridgehead atoms. The van der Waals surface area contributed by atoms with Crippen molar-refractivity contribution in [2.24, 2.45) is 5.92 Å². The van der Waals surface area contributed by atoms with E-state index in [-0.39, 0.29) is 0 Å². The van der Waals surface area contributed by atoms with E-state index in [0.29, 0.717) is 6.54 Å². The Kier molecular flexibility index (Phi) is 4.64. The summed E-state index contributed by atoms with van der Waals surface area (Å²) in [6.45, 7) is 2.80. The van der Waals surface area contributed by atoms with Crippen molar-refractivity contribution in [1.82, 2.24) is 4.98 Å². The van der Waals surface area contributed by atoms with E-state index >= 15 is 0 Å². The number of nitrogens with zero attached hydrogens (tertiary/aromatic N) is 1. The highest BCUT2D eigenvalue weighted by molar-refractivity contribution is 5.37. The lowest BCUT2D eigenvalue weighted by atomic mass is 9.78. The lowest BCUT2D eigenvalue weighted by Crippen LogP contribution is -2.40. The highest BCUT2D eigenvalue weighted by Gasteiger charge is 2.32. The summed E-state index contributed by atoms with van der Waals surface area (Å²) in [5.41, 5.74) is -0.576. The number of ether oxygens (including phenoxy) is 1. The zero-order valence-corrected chi connectivity index (χ0v) is 11.9. The first-order chi connectivity index (χ1) is 9.15. The molecule has 0 aliphatic heterocycles. The molecule has 2 rings (SSSR count). The molecule has 4 heteroatoms. The van der Waals surface area contributed by atoms with Gasteiger partial charge in [-0.15, -0.1) is 0 Å². The smallest absolute Gasteiger partial charge is 0.137 e. The van der Waals surface area contributed by atoms with Crippen molar-refractivity contribution in [3.05, 3.63) is 18.3 Å². The van der Waals surface area contributed by atoms with Crippen LogP contribution in [0.25, 0.3) is 0 Å². The van der Waals surface area contributed by atoms with Crippen LogP contribution in [0.15, 0.2) is 18.3 Å². The molecule has 0 unspecified atom stereocenters. The lowest BCUT2D eigenvalue weighted by Gasteiger charge is -2.36. The van der Waals surface area contributed by atoms with Gasteiger partial charge in [-0.2, -0.15) is 0 Å². The minimum atomic E-state index is -0.576. The number of hydrogen-bond acceptors (Lipinski definition) is 4. The first kappa shape index (κ1) is 14.1. The maximum Gasteiger partial charge on any atom is 0.137 e. The van der Waals surface area contributed by atoms with Gasteiger partial charge in [-0.3, -0.25) is 0 Å². The van der Waals surface area contributed by atoms with E-state index in [1.165, 1.54) is 6.42 Å². The van der Waals surface area contributed by atoms with Crippen LogP contribution in [-0.2, 0) is 0 Å². The fourth-order valence-corrected chi connectivity index (χ4v) is 2.66. The van der Waals surface area contributed by atoms with Crippen LogP contribution < -0.4 is 10.1 Å². The van der Waals surface area contributed by atoms with Gasteiger partial charge < -0.3 is 15.2 Å². The van der Waals surface area contributed by atoms with E-state index in [1.54, 1.807) is 13.3 Å². The van der Waals surface area contributed by atoms with E-state index in [4.69, 9.17) is 4.74 Å². The monoisotopic (exact) mass is 264 g/mol. The highest BCUT2D eigenvalue weighted by atomic mass is 16.5. The Morgan fingerprint density at radius 2 is 2.16 bits per heavy atom. The molecule has 1 fully saturated rings. The van der Waals surface area contributed by atoms with Gasteiger partial charge in [0.15, 0.2) is 0 Å². The average Bonchev–Trinajstić information content (AvgIpc) is 2.47. The van der Waals surface area contributed by atoms with Crippen LogP contribution in [0, 0.1) is 5.92 Å². The quantitative estimate of drug-likeness (QED) is 0.858. The van der Waals surface area contributed by atoms with Crippen LogP contribution in [0.4, 0.5) is 5.82 Å². The Hall–Kier alpha value is -1.29. The third kappa shape index (κ3) is 3.83. The minimum Gasteiger partial charge on any atom is -0.495 e. The molecule has 0 amide bonds. The van der Waals surface area contributed by atoms with Crippen LogP contribution in [0.2, 0.25) is 0 Å². The third-order valence-electron chi connectivity index (χ3n) is 4.18. The number of nitrogens with one attached hydrogen (secondary N) is 1. The predicted molar refractivity (Wildman–Crippen MR) is 76.5 cm³/mol. The van der Waals surface area contributed by atoms with Crippen molar-refractivity contribution >= 4 is 5.82 Å². The van der Waals surface area contributed by atoms with Gasteiger partial charge in [-0.25, -0.2) is 4.98 Å². The second kappa shape index (κ2) is 6.24. The normalized spacial score (nSPS) is 27.0. The Morgan fingerprint density at radius 1 is 1.42 bits per heavy atom. The zero-order chi connectivity index (χ0) is 13.7. The Labute approximate surface area is 115 Å². The lowest BCUT2D eigenvalue weighted by molar-refractivity contribution is 0.00223. The van der Waals surface area contributed by atoms with Gasteiger partial charge in [0.1, 0.15) is 11.6 Å². The molecular weight excluding hydrogens is 240 g/mol.